The number of rotatable bonds is 11. The molecule has 0 radical (unpaired) electrons. The molecule has 1 saturated carbocycles. The molecule has 2 aliphatic rings. The number of methoxy groups -OCH3 is 1. The van der Waals surface area contributed by atoms with Crippen LogP contribution in [0.3, 0.4) is 0 Å². The van der Waals surface area contributed by atoms with E-state index in [4.69, 9.17) is 25.9 Å². The molecule has 16 heteroatoms. The van der Waals surface area contributed by atoms with Crippen LogP contribution in [0.15, 0.2) is 36.7 Å². The topological polar surface area (TPSA) is 176 Å². The minimum absolute atomic E-state index is 0.0693. The number of aromatic nitrogens is 4. The second kappa shape index (κ2) is 11.5. The number of nitrogens with one attached hydrogen (secondary N) is 1. The Labute approximate surface area is 240 Å². The number of anilines is 2. The third-order valence-electron chi connectivity index (χ3n) is 7.05. The number of esters is 1. The maximum Gasteiger partial charge on any atom is 0.459 e. The second-order valence-corrected chi connectivity index (χ2v) is 11.7. The Balaban J connectivity index is 1.41. The number of hydrogen-bond acceptors (Lipinski definition) is 12. The Kier molecular flexibility index (Phi) is 8.10. The van der Waals surface area contributed by atoms with Crippen LogP contribution in [-0.4, -0.2) is 81.3 Å². The van der Waals surface area contributed by atoms with E-state index >= 15 is 4.39 Å². The smallest absolute Gasteiger partial charge is 0.459 e. The van der Waals surface area contributed by atoms with Gasteiger partial charge in [0.25, 0.3) is 0 Å². The number of para-hydroxylation sites is 1. The fraction of sp³-hybridized carbons (Fsp3) is 0.462. The molecule has 0 spiro atoms. The zero-order valence-electron chi connectivity index (χ0n) is 23.1. The van der Waals surface area contributed by atoms with Crippen molar-refractivity contribution in [1.29, 1.82) is 0 Å². The van der Waals surface area contributed by atoms with Crippen LogP contribution in [-0.2, 0) is 23.4 Å². The van der Waals surface area contributed by atoms with Crippen molar-refractivity contribution in [2.24, 2.45) is 0 Å². The number of ether oxygens (including phenoxy) is 2. The molecule has 1 aliphatic carbocycles. The molecule has 1 saturated heterocycles. The van der Waals surface area contributed by atoms with Crippen LogP contribution in [0.4, 0.5) is 16.2 Å². The summed E-state index contributed by atoms with van der Waals surface area (Å²) in [6.45, 7) is 0.750. The van der Waals surface area contributed by atoms with Crippen LogP contribution in [0.25, 0.3) is 11.2 Å². The summed E-state index contributed by atoms with van der Waals surface area (Å²) in [5.41, 5.74) is 3.69. The van der Waals surface area contributed by atoms with Crippen molar-refractivity contribution in [3.05, 3.63) is 36.7 Å². The number of fused-ring (bicyclic) bond motifs is 1. The molecular weight excluding hydrogens is 572 g/mol. The Hall–Kier alpha value is -3.80. The first kappa shape index (κ1) is 29.7. The molecule has 4 N–H and O–H groups in total. The molecule has 0 bridgehead atoms. The van der Waals surface area contributed by atoms with Gasteiger partial charge in [-0.2, -0.15) is 15.1 Å². The van der Waals surface area contributed by atoms with Crippen molar-refractivity contribution < 1.29 is 37.4 Å². The number of hydrogen-bond donors (Lipinski definition) is 3. The number of terminal acetylenes is 1. The van der Waals surface area contributed by atoms with E-state index in [1.807, 2.05) is 17.9 Å². The maximum absolute atomic E-state index is 16.3. The van der Waals surface area contributed by atoms with Crippen LogP contribution in [0, 0.1) is 12.3 Å². The minimum Gasteiger partial charge on any atom is -0.468 e. The van der Waals surface area contributed by atoms with Gasteiger partial charge in [-0.15, -0.1) is 6.42 Å². The van der Waals surface area contributed by atoms with Gasteiger partial charge in [-0.3, -0.25) is 13.9 Å². The highest BCUT2D eigenvalue weighted by atomic mass is 31.2. The normalized spacial score (nSPS) is 25.9. The first-order valence-electron chi connectivity index (χ1n) is 13.1. The summed E-state index contributed by atoms with van der Waals surface area (Å²) in [4.78, 5) is 26.8. The highest BCUT2D eigenvalue weighted by Gasteiger charge is 2.58. The molecule has 2 fully saturated rings. The van der Waals surface area contributed by atoms with E-state index in [1.54, 1.807) is 18.2 Å². The van der Waals surface area contributed by atoms with Gasteiger partial charge >= 0.3 is 13.7 Å². The largest absolute Gasteiger partial charge is 0.468 e. The van der Waals surface area contributed by atoms with Crippen molar-refractivity contribution in [3.63, 3.8) is 0 Å². The fourth-order valence-electron chi connectivity index (χ4n) is 4.63. The van der Waals surface area contributed by atoms with E-state index in [1.165, 1.54) is 37.1 Å². The molecule has 224 valence electrons. The molecule has 5 rings (SSSR count). The average Bonchev–Trinajstić information content (AvgIpc) is 3.70. The molecule has 3 aromatic rings. The predicted molar refractivity (Wildman–Crippen MR) is 149 cm³/mol. The van der Waals surface area contributed by atoms with E-state index in [-0.39, 0.29) is 23.4 Å². The molecule has 14 nitrogen and oxygen atoms in total. The van der Waals surface area contributed by atoms with Crippen LogP contribution in [0.2, 0.25) is 0 Å². The molecule has 0 amide bonds. The quantitative estimate of drug-likeness (QED) is 0.165. The summed E-state index contributed by atoms with van der Waals surface area (Å²) >= 11 is 0. The van der Waals surface area contributed by atoms with E-state index < -0.39 is 50.5 Å². The number of nitrogen functional groups attached to an aromatic ring is 1. The fourth-order valence-corrected chi connectivity index (χ4v) is 6.13. The Morgan fingerprint density at radius 1 is 1.40 bits per heavy atom. The zero-order chi connectivity index (χ0) is 30.2. The van der Waals surface area contributed by atoms with Crippen molar-refractivity contribution in [3.8, 4) is 18.1 Å². The standard InChI is InChI=1S/C26H31FN7O7P/c1-5-26(27)20(35)18(13-39-42(37,32-15(2)23(36)38-4)41-17-9-7-6-8-10-17)40-24(26)34-14-29-19-21(33(3)16-11-12-16)30-25(28)31-22(19)34/h1,6-10,14-16,18,20,24,35H,11-13H2,2-4H3,(H,32,37)(H2,28,30,31)/t15-,18+,20+,24+,26+,42-/m0/s1. The van der Waals surface area contributed by atoms with E-state index in [0.717, 1.165) is 12.8 Å². The molecular formula is C26H31FN7O7P. The number of halogens is 1. The lowest BCUT2D eigenvalue weighted by Gasteiger charge is -2.24. The lowest BCUT2D eigenvalue weighted by atomic mass is 9.97. The molecule has 42 heavy (non-hydrogen) atoms. The lowest BCUT2D eigenvalue weighted by Crippen LogP contribution is -2.42. The monoisotopic (exact) mass is 603 g/mol. The maximum atomic E-state index is 16.3. The number of imidazole rings is 1. The number of benzene rings is 1. The van der Waals surface area contributed by atoms with Crippen molar-refractivity contribution in [2.75, 3.05) is 31.4 Å². The third-order valence-corrected chi connectivity index (χ3v) is 8.70. The number of aliphatic hydroxyl groups excluding tert-OH is 1. The van der Waals surface area contributed by atoms with Gasteiger partial charge in [0.2, 0.25) is 11.6 Å². The van der Waals surface area contributed by atoms with Gasteiger partial charge in [-0.25, -0.2) is 13.9 Å². The summed E-state index contributed by atoms with van der Waals surface area (Å²) in [6, 6.07) is 7.21. The van der Waals surface area contributed by atoms with Crippen LogP contribution < -0.4 is 20.2 Å². The number of nitrogens with zero attached hydrogens (tertiary/aromatic N) is 5. The van der Waals surface area contributed by atoms with Gasteiger partial charge < -0.3 is 29.7 Å². The van der Waals surface area contributed by atoms with Gasteiger partial charge in [-0.05, 0) is 31.9 Å². The SMILES string of the molecule is C#C[C@@]1(F)[C@H](O)[C@@H](CO[P@@](=O)(N[C@@H](C)C(=O)OC)Oc2ccccc2)O[C@H]1n1cnc2c(N(C)C3CC3)nc(N)nc21. The summed E-state index contributed by atoms with van der Waals surface area (Å²) in [6.07, 6.45) is 3.85. The van der Waals surface area contributed by atoms with Crippen molar-refractivity contribution >= 4 is 36.6 Å². The second-order valence-electron chi connectivity index (χ2n) is 10.0. The van der Waals surface area contributed by atoms with Crippen molar-refractivity contribution in [2.45, 2.75) is 56.0 Å². The lowest BCUT2D eigenvalue weighted by molar-refractivity contribution is -0.142. The highest BCUT2D eigenvalue weighted by molar-refractivity contribution is 7.52. The molecule has 1 aromatic carbocycles. The summed E-state index contributed by atoms with van der Waals surface area (Å²) < 4.78 is 52.9. The Bertz CT molecular complexity index is 1550. The number of aliphatic hydroxyl groups is 1. The van der Waals surface area contributed by atoms with Gasteiger partial charge in [0.15, 0.2) is 23.2 Å². The molecule has 2 aromatic heterocycles. The first-order valence-corrected chi connectivity index (χ1v) is 14.6. The Morgan fingerprint density at radius 2 is 2.12 bits per heavy atom. The van der Waals surface area contributed by atoms with Gasteiger partial charge in [-0.1, -0.05) is 24.1 Å². The highest BCUT2D eigenvalue weighted by Crippen LogP contribution is 2.48. The first-order chi connectivity index (χ1) is 20.0. The summed E-state index contributed by atoms with van der Waals surface area (Å²) in [5, 5.41) is 13.5. The van der Waals surface area contributed by atoms with Gasteiger partial charge in [0.1, 0.15) is 24.0 Å². The number of alkyl halides is 1. The van der Waals surface area contributed by atoms with E-state index in [2.05, 4.69) is 24.8 Å². The molecule has 3 heterocycles. The molecule has 6 atom stereocenters. The van der Waals surface area contributed by atoms with Crippen LogP contribution in [0.1, 0.15) is 26.0 Å². The van der Waals surface area contributed by atoms with Crippen molar-refractivity contribution in [1.82, 2.24) is 24.6 Å². The predicted octanol–water partition coefficient (Wildman–Crippen LogP) is 1.96. The number of nitrogens with two attached hydrogens (primary N) is 1. The van der Waals surface area contributed by atoms with E-state index in [9.17, 15) is 14.5 Å². The number of carbonyl (C=O) groups is 1. The van der Waals surface area contributed by atoms with Crippen LogP contribution in [0.5, 0.6) is 5.75 Å². The zero-order valence-corrected chi connectivity index (χ0v) is 24.0. The summed E-state index contributed by atoms with van der Waals surface area (Å²) in [7, 11) is -1.30. The Morgan fingerprint density at radius 3 is 2.76 bits per heavy atom. The van der Waals surface area contributed by atoms with Gasteiger partial charge in [0, 0.05) is 13.1 Å². The van der Waals surface area contributed by atoms with Gasteiger partial charge in [0.05, 0.1) is 20.0 Å². The average molecular weight is 604 g/mol. The number of carbonyl (C=O) groups excluding carboxylic acids is 1. The summed E-state index contributed by atoms with van der Waals surface area (Å²) in [5.74, 6) is 1.81. The van der Waals surface area contributed by atoms with E-state index in [0.29, 0.717) is 11.3 Å². The van der Waals surface area contributed by atoms with Crippen LogP contribution >= 0.6 is 7.75 Å². The molecule has 1 aliphatic heterocycles. The minimum atomic E-state index is -4.32. The molecule has 0 unspecified atom stereocenters. The third kappa shape index (κ3) is 5.64.